The number of methoxy groups -OCH3 is 1. The summed E-state index contributed by atoms with van der Waals surface area (Å²) in [5.41, 5.74) is 5.16. The predicted octanol–water partition coefficient (Wildman–Crippen LogP) is 3.01. The van der Waals surface area contributed by atoms with Crippen molar-refractivity contribution in [2.24, 2.45) is 0 Å². The monoisotopic (exact) mass is 432 g/mol. The first-order valence-electron chi connectivity index (χ1n) is 10.9. The summed E-state index contributed by atoms with van der Waals surface area (Å²) in [6.45, 7) is 2.74. The standard InChI is InChI=1S/C24H28N6O2/c1-29-8-6-15-11-22(32-3)21(10-17(15)14-29)28-24-25-13-16-4-5-18(12-20(16)27-24)26-19-7-9-30(2)23(19)31/h4-5,10-13,19,26H,6-9,14H2,1-3H3,(H,25,27,28)/t19-/m1/s1. The van der Waals surface area contributed by atoms with Gasteiger partial charge in [0, 0.05) is 44.0 Å². The Balaban J connectivity index is 1.41. The summed E-state index contributed by atoms with van der Waals surface area (Å²) in [7, 11) is 5.65. The van der Waals surface area contributed by atoms with Crippen molar-refractivity contribution in [1.29, 1.82) is 0 Å². The Hall–Kier alpha value is -3.39. The summed E-state index contributed by atoms with van der Waals surface area (Å²) in [5.74, 6) is 1.42. The minimum Gasteiger partial charge on any atom is -0.495 e. The molecule has 2 aliphatic rings. The third-order valence-electron chi connectivity index (χ3n) is 6.32. The second-order valence-electron chi connectivity index (χ2n) is 8.65. The average Bonchev–Trinajstić information content (AvgIpc) is 3.10. The van der Waals surface area contributed by atoms with Gasteiger partial charge in [0.2, 0.25) is 11.9 Å². The zero-order chi connectivity index (χ0) is 22.2. The molecule has 2 aliphatic heterocycles. The molecular weight excluding hydrogens is 404 g/mol. The van der Waals surface area contributed by atoms with Gasteiger partial charge >= 0.3 is 0 Å². The topological polar surface area (TPSA) is 82.6 Å². The normalized spacial score (nSPS) is 18.7. The second kappa shape index (κ2) is 8.27. The summed E-state index contributed by atoms with van der Waals surface area (Å²) >= 11 is 0. The fourth-order valence-corrected chi connectivity index (χ4v) is 4.45. The third-order valence-corrected chi connectivity index (χ3v) is 6.32. The van der Waals surface area contributed by atoms with Crippen molar-refractivity contribution in [3.8, 4) is 5.75 Å². The van der Waals surface area contributed by atoms with Gasteiger partial charge < -0.3 is 25.2 Å². The van der Waals surface area contributed by atoms with Crippen LogP contribution in [0, 0.1) is 0 Å². The molecule has 0 saturated carbocycles. The number of aromatic nitrogens is 2. The van der Waals surface area contributed by atoms with Gasteiger partial charge in [-0.15, -0.1) is 0 Å². The molecule has 8 nitrogen and oxygen atoms in total. The molecule has 3 aromatic rings. The summed E-state index contributed by atoms with van der Waals surface area (Å²) in [6, 6.07) is 9.97. The van der Waals surface area contributed by atoms with E-state index >= 15 is 0 Å². The number of fused-ring (bicyclic) bond motifs is 2. The summed E-state index contributed by atoms with van der Waals surface area (Å²) < 4.78 is 5.63. The molecule has 1 saturated heterocycles. The lowest BCUT2D eigenvalue weighted by atomic mass is 9.99. The molecule has 1 amide bonds. The average molecular weight is 433 g/mol. The summed E-state index contributed by atoms with van der Waals surface area (Å²) in [5, 5.41) is 7.62. The number of rotatable bonds is 5. The molecule has 0 radical (unpaired) electrons. The van der Waals surface area contributed by atoms with Crippen LogP contribution < -0.4 is 15.4 Å². The lowest BCUT2D eigenvalue weighted by Gasteiger charge is -2.26. The molecule has 0 aliphatic carbocycles. The Labute approximate surface area is 187 Å². The van der Waals surface area contributed by atoms with Crippen molar-refractivity contribution in [1.82, 2.24) is 19.8 Å². The molecule has 1 fully saturated rings. The van der Waals surface area contributed by atoms with E-state index in [1.165, 1.54) is 11.1 Å². The maximum absolute atomic E-state index is 12.2. The van der Waals surface area contributed by atoms with Gasteiger partial charge in [0.1, 0.15) is 11.8 Å². The number of ether oxygens (including phenoxy) is 1. The van der Waals surface area contributed by atoms with Crippen LogP contribution in [-0.4, -0.2) is 66.0 Å². The van der Waals surface area contributed by atoms with E-state index in [1.807, 2.05) is 31.4 Å². The maximum atomic E-state index is 12.2. The van der Waals surface area contributed by atoms with E-state index in [0.29, 0.717) is 5.95 Å². The number of carbonyl (C=O) groups is 1. The van der Waals surface area contributed by atoms with Crippen LogP contribution in [-0.2, 0) is 17.8 Å². The Morgan fingerprint density at radius 1 is 1.12 bits per heavy atom. The molecule has 0 spiro atoms. The summed E-state index contributed by atoms with van der Waals surface area (Å²) in [6.07, 6.45) is 3.63. The number of benzene rings is 2. The van der Waals surface area contributed by atoms with Crippen molar-refractivity contribution in [2.75, 3.05) is 44.9 Å². The second-order valence-corrected chi connectivity index (χ2v) is 8.65. The number of nitrogens with one attached hydrogen (secondary N) is 2. The number of hydrogen-bond acceptors (Lipinski definition) is 7. The van der Waals surface area contributed by atoms with Crippen LogP contribution in [0.25, 0.3) is 10.9 Å². The molecule has 0 bridgehead atoms. The van der Waals surface area contributed by atoms with Crippen LogP contribution >= 0.6 is 0 Å². The van der Waals surface area contributed by atoms with Crippen molar-refractivity contribution >= 4 is 34.1 Å². The Morgan fingerprint density at radius 2 is 2.00 bits per heavy atom. The first-order chi connectivity index (χ1) is 15.5. The number of hydrogen-bond donors (Lipinski definition) is 2. The molecule has 32 heavy (non-hydrogen) atoms. The van der Waals surface area contributed by atoms with Gasteiger partial charge in [-0.3, -0.25) is 4.79 Å². The fraction of sp³-hybridized carbons (Fsp3) is 0.375. The minimum absolute atomic E-state index is 0.125. The lowest BCUT2D eigenvalue weighted by molar-refractivity contribution is -0.127. The largest absolute Gasteiger partial charge is 0.495 e. The van der Waals surface area contributed by atoms with Crippen LogP contribution in [0.3, 0.4) is 0 Å². The number of anilines is 3. The maximum Gasteiger partial charge on any atom is 0.244 e. The Bertz CT molecular complexity index is 1180. The van der Waals surface area contributed by atoms with Gasteiger partial charge in [-0.05, 0) is 61.3 Å². The van der Waals surface area contributed by atoms with E-state index < -0.39 is 0 Å². The van der Waals surface area contributed by atoms with Crippen LogP contribution in [0.4, 0.5) is 17.3 Å². The highest BCUT2D eigenvalue weighted by Crippen LogP contribution is 2.33. The van der Waals surface area contributed by atoms with Crippen molar-refractivity contribution < 1.29 is 9.53 Å². The van der Waals surface area contributed by atoms with E-state index in [4.69, 9.17) is 9.72 Å². The highest BCUT2D eigenvalue weighted by molar-refractivity contribution is 5.88. The molecule has 2 aromatic carbocycles. The number of likely N-dealkylation sites (N-methyl/N-ethyl adjacent to an activating group) is 2. The molecule has 2 N–H and O–H groups in total. The van der Waals surface area contributed by atoms with Crippen molar-refractivity contribution in [2.45, 2.75) is 25.4 Å². The molecule has 1 atom stereocenters. The minimum atomic E-state index is -0.185. The molecule has 0 unspecified atom stereocenters. The first-order valence-corrected chi connectivity index (χ1v) is 10.9. The SMILES string of the molecule is COc1cc2c(cc1Nc1ncc3ccc(N[C@@H]4CCN(C)C4=O)cc3n1)CN(C)CC2. The van der Waals surface area contributed by atoms with E-state index in [9.17, 15) is 4.79 Å². The summed E-state index contributed by atoms with van der Waals surface area (Å²) in [4.78, 5) is 25.5. The molecule has 166 valence electrons. The number of carbonyl (C=O) groups excluding carboxylic acids is 1. The van der Waals surface area contributed by atoms with E-state index in [1.54, 1.807) is 12.0 Å². The molecule has 3 heterocycles. The van der Waals surface area contributed by atoms with Crippen LogP contribution in [0.5, 0.6) is 5.75 Å². The predicted molar refractivity (Wildman–Crippen MR) is 126 cm³/mol. The van der Waals surface area contributed by atoms with Crippen molar-refractivity contribution in [3.05, 3.63) is 47.7 Å². The Morgan fingerprint density at radius 3 is 2.78 bits per heavy atom. The van der Waals surface area contributed by atoms with Gasteiger partial charge in [0.25, 0.3) is 0 Å². The van der Waals surface area contributed by atoms with E-state index in [-0.39, 0.29) is 11.9 Å². The highest BCUT2D eigenvalue weighted by atomic mass is 16.5. The quantitative estimate of drug-likeness (QED) is 0.641. The van der Waals surface area contributed by atoms with E-state index in [0.717, 1.165) is 60.5 Å². The molecule has 5 rings (SSSR count). The zero-order valence-electron chi connectivity index (χ0n) is 18.7. The Kier molecular flexibility index (Phi) is 5.30. The number of nitrogens with zero attached hydrogens (tertiary/aromatic N) is 4. The van der Waals surface area contributed by atoms with Gasteiger partial charge in [-0.25, -0.2) is 9.97 Å². The number of amides is 1. The number of likely N-dealkylation sites (tertiary alicyclic amines) is 1. The van der Waals surface area contributed by atoms with Crippen molar-refractivity contribution in [3.63, 3.8) is 0 Å². The van der Waals surface area contributed by atoms with Gasteiger partial charge in [0.15, 0.2) is 0 Å². The first kappa shape index (κ1) is 20.5. The van der Waals surface area contributed by atoms with Crippen LogP contribution in [0.2, 0.25) is 0 Å². The van der Waals surface area contributed by atoms with Crippen LogP contribution in [0.1, 0.15) is 17.5 Å². The lowest BCUT2D eigenvalue weighted by Crippen LogP contribution is -2.30. The third kappa shape index (κ3) is 3.93. The smallest absolute Gasteiger partial charge is 0.244 e. The van der Waals surface area contributed by atoms with Gasteiger partial charge in [-0.1, -0.05) is 0 Å². The highest BCUT2D eigenvalue weighted by Gasteiger charge is 2.28. The van der Waals surface area contributed by atoms with E-state index in [2.05, 4.69) is 39.7 Å². The zero-order valence-corrected chi connectivity index (χ0v) is 18.7. The molecular formula is C24H28N6O2. The fourth-order valence-electron chi connectivity index (χ4n) is 4.45. The van der Waals surface area contributed by atoms with Gasteiger partial charge in [-0.2, -0.15) is 0 Å². The van der Waals surface area contributed by atoms with Crippen LogP contribution in [0.15, 0.2) is 36.5 Å². The molecule has 1 aromatic heterocycles. The molecule has 8 heteroatoms. The van der Waals surface area contributed by atoms with Gasteiger partial charge in [0.05, 0.1) is 18.3 Å².